The maximum absolute atomic E-state index is 6.01. The number of aromatic amines is 1. The van der Waals surface area contributed by atoms with E-state index >= 15 is 0 Å². The molecule has 5 heteroatoms. The summed E-state index contributed by atoms with van der Waals surface area (Å²) in [6.07, 6.45) is 1.95. The van der Waals surface area contributed by atoms with E-state index in [1.807, 2.05) is 6.20 Å². The third kappa shape index (κ3) is 2.41. The molecule has 0 saturated heterocycles. The molecular formula is C13H10BrClN2S. The Kier molecular flexibility index (Phi) is 3.33. The fraction of sp³-hybridized carbons (Fsp3) is 0.0769. The second-order valence-corrected chi connectivity index (χ2v) is 6.56. The van der Waals surface area contributed by atoms with Gasteiger partial charge in [0, 0.05) is 38.7 Å². The largest absolute Gasteiger partial charge is 0.380 e. The number of hydrogen-bond acceptors (Lipinski definition) is 2. The zero-order chi connectivity index (χ0) is 12.5. The summed E-state index contributed by atoms with van der Waals surface area (Å²) in [6.45, 7) is 0.784. The van der Waals surface area contributed by atoms with Crippen LogP contribution in [0.15, 0.2) is 41.0 Å². The van der Waals surface area contributed by atoms with Gasteiger partial charge in [-0.25, -0.2) is 0 Å². The molecule has 0 amide bonds. The van der Waals surface area contributed by atoms with Crippen LogP contribution < -0.4 is 5.32 Å². The van der Waals surface area contributed by atoms with E-state index in [1.54, 1.807) is 11.3 Å². The van der Waals surface area contributed by atoms with Crippen molar-refractivity contribution in [3.63, 3.8) is 0 Å². The van der Waals surface area contributed by atoms with Gasteiger partial charge in [0.1, 0.15) is 4.34 Å². The Balaban J connectivity index is 1.76. The SMILES string of the molecule is Clc1sc(CNc2ccc3[nH]ccc3c2)cc1Br. The first kappa shape index (κ1) is 12.1. The molecule has 2 N–H and O–H groups in total. The molecule has 0 unspecified atom stereocenters. The highest BCUT2D eigenvalue weighted by Crippen LogP contribution is 2.32. The van der Waals surface area contributed by atoms with Crippen LogP contribution in [0.5, 0.6) is 0 Å². The van der Waals surface area contributed by atoms with E-state index in [0.717, 1.165) is 26.6 Å². The van der Waals surface area contributed by atoms with Crippen LogP contribution in [0.1, 0.15) is 4.88 Å². The van der Waals surface area contributed by atoms with E-state index in [-0.39, 0.29) is 0 Å². The molecule has 0 spiro atoms. The molecule has 2 nitrogen and oxygen atoms in total. The summed E-state index contributed by atoms with van der Waals surface area (Å²) in [7, 11) is 0. The predicted molar refractivity (Wildman–Crippen MR) is 82.7 cm³/mol. The number of nitrogens with one attached hydrogen (secondary N) is 2. The Hall–Kier alpha value is -0.970. The number of thiophene rings is 1. The van der Waals surface area contributed by atoms with Crippen LogP contribution in [0.3, 0.4) is 0 Å². The zero-order valence-electron chi connectivity index (χ0n) is 9.34. The highest BCUT2D eigenvalue weighted by Gasteiger charge is 2.04. The smallest absolute Gasteiger partial charge is 0.107 e. The Morgan fingerprint density at radius 1 is 1.28 bits per heavy atom. The Bertz CT molecular complexity index is 670. The molecule has 92 valence electrons. The monoisotopic (exact) mass is 340 g/mol. The quantitative estimate of drug-likeness (QED) is 0.668. The highest BCUT2D eigenvalue weighted by atomic mass is 79.9. The van der Waals surface area contributed by atoms with Gasteiger partial charge in [0.25, 0.3) is 0 Å². The van der Waals surface area contributed by atoms with E-state index < -0.39 is 0 Å². The van der Waals surface area contributed by atoms with Gasteiger partial charge < -0.3 is 10.3 Å². The molecule has 18 heavy (non-hydrogen) atoms. The fourth-order valence-corrected chi connectivity index (χ4v) is 3.56. The van der Waals surface area contributed by atoms with E-state index in [4.69, 9.17) is 11.6 Å². The molecule has 0 aliphatic heterocycles. The van der Waals surface area contributed by atoms with Crippen LogP contribution in [-0.4, -0.2) is 4.98 Å². The van der Waals surface area contributed by atoms with Crippen LogP contribution in [0.4, 0.5) is 5.69 Å². The van der Waals surface area contributed by atoms with E-state index in [1.165, 1.54) is 10.3 Å². The number of halogens is 2. The maximum Gasteiger partial charge on any atom is 0.107 e. The molecule has 0 radical (unpaired) electrons. The summed E-state index contributed by atoms with van der Waals surface area (Å²) in [5.74, 6) is 0. The minimum atomic E-state index is 0.784. The summed E-state index contributed by atoms with van der Waals surface area (Å²) in [5.41, 5.74) is 2.27. The van der Waals surface area contributed by atoms with Crippen molar-refractivity contribution in [2.45, 2.75) is 6.54 Å². The second kappa shape index (κ2) is 4.96. The summed E-state index contributed by atoms with van der Waals surface area (Å²) in [6, 6.07) is 10.4. The van der Waals surface area contributed by atoms with Crippen molar-refractivity contribution in [3.8, 4) is 0 Å². The molecule has 3 aromatic rings. The maximum atomic E-state index is 6.01. The summed E-state index contributed by atoms with van der Waals surface area (Å²) >= 11 is 11.0. The van der Waals surface area contributed by atoms with E-state index in [9.17, 15) is 0 Å². The molecular weight excluding hydrogens is 332 g/mol. The molecule has 0 fully saturated rings. The number of rotatable bonds is 3. The lowest BCUT2D eigenvalue weighted by molar-refractivity contribution is 1.19. The van der Waals surface area contributed by atoms with Crippen LogP contribution >= 0.6 is 38.9 Å². The van der Waals surface area contributed by atoms with E-state index in [0.29, 0.717) is 0 Å². The molecule has 2 aromatic heterocycles. The third-order valence-corrected chi connectivity index (χ3v) is 5.19. The van der Waals surface area contributed by atoms with Crippen molar-refractivity contribution in [2.75, 3.05) is 5.32 Å². The number of aromatic nitrogens is 1. The first-order chi connectivity index (χ1) is 8.72. The van der Waals surface area contributed by atoms with Crippen LogP contribution in [0.25, 0.3) is 10.9 Å². The number of anilines is 1. The van der Waals surface area contributed by atoms with Crippen molar-refractivity contribution in [3.05, 3.63) is 50.2 Å². The molecule has 0 bridgehead atoms. The molecule has 2 heterocycles. The Labute approximate surface area is 122 Å². The van der Waals surface area contributed by atoms with Gasteiger partial charge in [-0.2, -0.15) is 0 Å². The molecule has 0 saturated carbocycles. The van der Waals surface area contributed by atoms with Crippen molar-refractivity contribution in [1.29, 1.82) is 0 Å². The number of hydrogen-bond donors (Lipinski definition) is 2. The van der Waals surface area contributed by atoms with Crippen LogP contribution in [0.2, 0.25) is 4.34 Å². The molecule has 0 aliphatic rings. The van der Waals surface area contributed by atoms with Gasteiger partial charge in [0.15, 0.2) is 0 Å². The molecule has 0 atom stereocenters. The summed E-state index contributed by atoms with van der Waals surface area (Å²) in [5, 5.41) is 4.61. The van der Waals surface area contributed by atoms with Gasteiger partial charge in [-0.05, 0) is 46.3 Å². The van der Waals surface area contributed by atoms with Gasteiger partial charge >= 0.3 is 0 Å². The van der Waals surface area contributed by atoms with E-state index in [2.05, 4.69) is 56.6 Å². The van der Waals surface area contributed by atoms with Gasteiger partial charge in [0.2, 0.25) is 0 Å². The van der Waals surface area contributed by atoms with Crippen LogP contribution in [-0.2, 0) is 6.54 Å². The first-order valence-electron chi connectivity index (χ1n) is 5.47. The minimum Gasteiger partial charge on any atom is -0.380 e. The number of H-pyrrole nitrogens is 1. The predicted octanol–water partition coefficient (Wildman–Crippen LogP) is 5.26. The first-order valence-corrected chi connectivity index (χ1v) is 7.46. The van der Waals surface area contributed by atoms with Crippen molar-refractivity contribution < 1.29 is 0 Å². The van der Waals surface area contributed by atoms with Crippen molar-refractivity contribution in [1.82, 2.24) is 4.98 Å². The third-order valence-electron chi connectivity index (χ3n) is 2.72. The minimum absolute atomic E-state index is 0.784. The Morgan fingerprint density at radius 2 is 2.17 bits per heavy atom. The summed E-state index contributed by atoms with van der Waals surface area (Å²) in [4.78, 5) is 4.39. The van der Waals surface area contributed by atoms with Crippen molar-refractivity contribution in [2.24, 2.45) is 0 Å². The van der Waals surface area contributed by atoms with Crippen molar-refractivity contribution >= 4 is 55.5 Å². The number of fused-ring (bicyclic) bond motifs is 1. The second-order valence-electron chi connectivity index (χ2n) is 3.97. The lowest BCUT2D eigenvalue weighted by Gasteiger charge is -2.04. The topological polar surface area (TPSA) is 27.8 Å². The highest BCUT2D eigenvalue weighted by molar-refractivity contribution is 9.10. The standard InChI is InChI=1S/C13H10BrClN2S/c14-11-6-10(18-13(11)15)7-17-9-1-2-12-8(5-9)3-4-16-12/h1-6,16-17H,7H2. The van der Waals surface area contributed by atoms with Gasteiger partial charge in [0.05, 0.1) is 0 Å². The average molecular weight is 342 g/mol. The normalized spacial score (nSPS) is 11.0. The molecule has 0 aliphatic carbocycles. The van der Waals surface area contributed by atoms with Gasteiger partial charge in [-0.3, -0.25) is 0 Å². The van der Waals surface area contributed by atoms with Gasteiger partial charge in [-0.1, -0.05) is 11.6 Å². The summed E-state index contributed by atoms with van der Waals surface area (Å²) < 4.78 is 1.76. The lowest BCUT2D eigenvalue weighted by atomic mass is 10.2. The zero-order valence-corrected chi connectivity index (χ0v) is 12.5. The fourth-order valence-electron chi connectivity index (χ4n) is 1.83. The lowest BCUT2D eigenvalue weighted by Crippen LogP contribution is -1.96. The molecule has 1 aromatic carbocycles. The average Bonchev–Trinajstić information content (AvgIpc) is 2.94. The Morgan fingerprint density at radius 3 is 2.94 bits per heavy atom. The number of benzene rings is 1. The van der Waals surface area contributed by atoms with Crippen LogP contribution in [0, 0.1) is 0 Å². The van der Waals surface area contributed by atoms with Gasteiger partial charge in [-0.15, -0.1) is 11.3 Å². The molecule has 3 rings (SSSR count).